The molecule has 1 saturated heterocycles. The van der Waals surface area contributed by atoms with Crippen LogP contribution in [0.5, 0.6) is 0 Å². The van der Waals surface area contributed by atoms with Gasteiger partial charge in [-0.1, -0.05) is 12.1 Å². The Bertz CT molecular complexity index is 472. The molecule has 0 aromatic heterocycles. The number of hydrogen-bond donors (Lipinski definition) is 1. The van der Waals surface area contributed by atoms with Crippen LogP contribution in [0.25, 0.3) is 0 Å². The Labute approximate surface area is 105 Å². The number of esters is 2. The highest BCUT2D eigenvalue weighted by Gasteiger charge is 2.31. The number of carbonyl (C=O) groups excluding carboxylic acids is 2. The lowest BCUT2D eigenvalue weighted by Gasteiger charge is -2.14. The number of nitrogen functional groups attached to an aromatic ring is 1. The second-order valence-corrected chi connectivity index (χ2v) is 4.27. The quantitative estimate of drug-likeness (QED) is 0.644. The van der Waals surface area contributed by atoms with Crippen LogP contribution in [0, 0.1) is 0 Å². The van der Waals surface area contributed by atoms with Crippen LogP contribution in [0.1, 0.15) is 24.8 Å². The van der Waals surface area contributed by atoms with Crippen molar-refractivity contribution in [3.05, 3.63) is 29.8 Å². The number of cyclic esters (lactones) is 1. The van der Waals surface area contributed by atoms with E-state index in [-0.39, 0.29) is 0 Å². The highest BCUT2D eigenvalue weighted by Crippen LogP contribution is 2.21. The van der Waals surface area contributed by atoms with Gasteiger partial charge in [0.05, 0.1) is 12.5 Å². The van der Waals surface area contributed by atoms with E-state index in [9.17, 15) is 9.59 Å². The molecule has 0 amide bonds. The van der Waals surface area contributed by atoms with E-state index in [2.05, 4.69) is 0 Å². The molecule has 2 unspecified atom stereocenters. The summed E-state index contributed by atoms with van der Waals surface area (Å²) < 4.78 is 9.86. The van der Waals surface area contributed by atoms with Crippen LogP contribution < -0.4 is 5.73 Å². The van der Waals surface area contributed by atoms with E-state index in [0.29, 0.717) is 18.7 Å². The number of anilines is 1. The Hall–Kier alpha value is -2.04. The van der Waals surface area contributed by atoms with Crippen molar-refractivity contribution in [2.45, 2.75) is 25.4 Å². The zero-order valence-electron chi connectivity index (χ0n) is 10.1. The SMILES string of the molecule is CC(C(=O)OC1CCOC1=O)c1cccc(N)c1. The summed E-state index contributed by atoms with van der Waals surface area (Å²) >= 11 is 0. The van der Waals surface area contributed by atoms with Crippen LogP contribution in [0.3, 0.4) is 0 Å². The number of hydrogen-bond acceptors (Lipinski definition) is 5. The molecule has 1 heterocycles. The smallest absolute Gasteiger partial charge is 0.347 e. The zero-order valence-corrected chi connectivity index (χ0v) is 10.1. The zero-order chi connectivity index (χ0) is 13.1. The first-order valence-electron chi connectivity index (χ1n) is 5.80. The standard InChI is InChI=1S/C13H15NO4/c1-8(9-3-2-4-10(14)7-9)12(15)18-11-5-6-17-13(11)16/h2-4,7-8,11H,5-6,14H2,1H3. The Morgan fingerprint density at radius 2 is 2.33 bits per heavy atom. The average molecular weight is 249 g/mol. The highest BCUT2D eigenvalue weighted by atomic mass is 16.6. The molecule has 0 saturated carbocycles. The van der Waals surface area contributed by atoms with Gasteiger partial charge < -0.3 is 15.2 Å². The van der Waals surface area contributed by atoms with E-state index in [4.69, 9.17) is 15.2 Å². The van der Waals surface area contributed by atoms with Gasteiger partial charge in [0.1, 0.15) is 0 Å². The van der Waals surface area contributed by atoms with Crippen molar-refractivity contribution in [2.24, 2.45) is 0 Å². The van der Waals surface area contributed by atoms with Crippen LogP contribution in [-0.2, 0) is 19.1 Å². The fourth-order valence-electron chi connectivity index (χ4n) is 1.79. The number of nitrogens with two attached hydrogens (primary N) is 1. The van der Waals surface area contributed by atoms with E-state index < -0.39 is 24.0 Å². The molecule has 0 spiro atoms. The van der Waals surface area contributed by atoms with Gasteiger partial charge in [0, 0.05) is 12.1 Å². The Kier molecular flexibility index (Phi) is 3.50. The second-order valence-electron chi connectivity index (χ2n) is 4.27. The minimum Gasteiger partial charge on any atom is -0.463 e. The van der Waals surface area contributed by atoms with Gasteiger partial charge in [0.15, 0.2) is 0 Å². The van der Waals surface area contributed by atoms with Crippen molar-refractivity contribution in [3.8, 4) is 0 Å². The Morgan fingerprint density at radius 3 is 2.94 bits per heavy atom. The summed E-state index contributed by atoms with van der Waals surface area (Å²) in [7, 11) is 0. The van der Waals surface area contributed by atoms with Crippen LogP contribution in [0.2, 0.25) is 0 Å². The molecule has 0 radical (unpaired) electrons. The summed E-state index contributed by atoms with van der Waals surface area (Å²) in [4.78, 5) is 23.1. The normalized spacial score (nSPS) is 20.3. The number of carbonyl (C=O) groups is 2. The second kappa shape index (κ2) is 5.08. The first-order chi connectivity index (χ1) is 8.58. The molecule has 1 fully saturated rings. The Balaban J connectivity index is 2.02. The number of ether oxygens (including phenoxy) is 2. The predicted molar refractivity (Wildman–Crippen MR) is 64.7 cm³/mol. The van der Waals surface area contributed by atoms with E-state index >= 15 is 0 Å². The van der Waals surface area contributed by atoms with E-state index in [1.54, 1.807) is 31.2 Å². The molecule has 2 N–H and O–H groups in total. The first kappa shape index (κ1) is 12.4. The molecule has 5 heteroatoms. The lowest BCUT2D eigenvalue weighted by atomic mass is 10.0. The summed E-state index contributed by atoms with van der Waals surface area (Å²) in [5.74, 6) is -1.37. The van der Waals surface area contributed by atoms with Crippen molar-refractivity contribution < 1.29 is 19.1 Å². The molecule has 1 aromatic rings. The topological polar surface area (TPSA) is 78.6 Å². The molecule has 1 aliphatic heterocycles. The molecule has 18 heavy (non-hydrogen) atoms. The largest absolute Gasteiger partial charge is 0.463 e. The van der Waals surface area contributed by atoms with Gasteiger partial charge in [-0.15, -0.1) is 0 Å². The van der Waals surface area contributed by atoms with Gasteiger partial charge in [-0.2, -0.15) is 0 Å². The summed E-state index contributed by atoms with van der Waals surface area (Å²) in [5, 5.41) is 0. The highest BCUT2D eigenvalue weighted by molar-refractivity contribution is 5.83. The summed E-state index contributed by atoms with van der Waals surface area (Å²) in [6, 6.07) is 7.04. The fourth-order valence-corrected chi connectivity index (χ4v) is 1.79. The van der Waals surface area contributed by atoms with Crippen LogP contribution in [0.15, 0.2) is 24.3 Å². The lowest BCUT2D eigenvalue weighted by molar-refractivity contribution is -0.161. The first-order valence-corrected chi connectivity index (χ1v) is 5.80. The molecule has 2 rings (SSSR count). The minimum atomic E-state index is -0.763. The molecule has 96 valence electrons. The molecule has 1 aromatic carbocycles. The third-order valence-corrected chi connectivity index (χ3v) is 2.91. The minimum absolute atomic E-state index is 0.309. The van der Waals surface area contributed by atoms with Gasteiger partial charge >= 0.3 is 11.9 Å². The van der Waals surface area contributed by atoms with Gasteiger partial charge in [0.25, 0.3) is 0 Å². The predicted octanol–water partition coefficient (Wildman–Crippen LogP) is 1.23. The van der Waals surface area contributed by atoms with Gasteiger partial charge in [-0.25, -0.2) is 4.79 Å². The molecule has 0 aliphatic carbocycles. The van der Waals surface area contributed by atoms with Gasteiger partial charge in [-0.3, -0.25) is 4.79 Å². The van der Waals surface area contributed by atoms with Crippen molar-refractivity contribution in [3.63, 3.8) is 0 Å². The van der Waals surface area contributed by atoms with Crippen LogP contribution in [-0.4, -0.2) is 24.6 Å². The molecule has 1 aliphatic rings. The molecule has 0 bridgehead atoms. The van der Waals surface area contributed by atoms with E-state index in [1.165, 1.54) is 0 Å². The monoisotopic (exact) mass is 249 g/mol. The fraction of sp³-hybridized carbons (Fsp3) is 0.385. The third-order valence-electron chi connectivity index (χ3n) is 2.91. The molecule has 2 atom stereocenters. The number of rotatable bonds is 3. The van der Waals surface area contributed by atoms with E-state index in [1.807, 2.05) is 0 Å². The van der Waals surface area contributed by atoms with Crippen molar-refractivity contribution in [1.29, 1.82) is 0 Å². The summed E-state index contributed by atoms with van der Waals surface area (Å²) in [6.45, 7) is 2.03. The van der Waals surface area contributed by atoms with Crippen molar-refractivity contribution in [1.82, 2.24) is 0 Å². The van der Waals surface area contributed by atoms with Crippen molar-refractivity contribution >= 4 is 17.6 Å². The molecule has 5 nitrogen and oxygen atoms in total. The maximum atomic E-state index is 11.9. The van der Waals surface area contributed by atoms with Gasteiger partial charge in [-0.05, 0) is 24.6 Å². The number of benzene rings is 1. The lowest BCUT2D eigenvalue weighted by Crippen LogP contribution is -2.25. The summed E-state index contributed by atoms with van der Waals surface area (Å²) in [6.07, 6.45) is -0.338. The third kappa shape index (κ3) is 2.61. The maximum Gasteiger partial charge on any atom is 0.347 e. The van der Waals surface area contributed by atoms with Crippen molar-refractivity contribution in [2.75, 3.05) is 12.3 Å². The van der Waals surface area contributed by atoms with Gasteiger partial charge in [0.2, 0.25) is 6.10 Å². The average Bonchev–Trinajstić information content (AvgIpc) is 2.74. The molecular formula is C13H15NO4. The molecular weight excluding hydrogens is 234 g/mol. The van der Waals surface area contributed by atoms with Crippen LogP contribution in [0.4, 0.5) is 5.69 Å². The Morgan fingerprint density at radius 1 is 1.56 bits per heavy atom. The van der Waals surface area contributed by atoms with E-state index in [0.717, 1.165) is 5.56 Å². The maximum absolute atomic E-state index is 11.9. The van der Waals surface area contributed by atoms with Crippen LogP contribution >= 0.6 is 0 Å². The summed E-state index contributed by atoms with van der Waals surface area (Å²) in [5.41, 5.74) is 7.02.